The largest absolute Gasteiger partial charge is 0.476 e. The molecule has 2 aromatic rings. The molecule has 1 heterocycles. The van der Waals surface area contributed by atoms with Gasteiger partial charge < -0.3 is 10.4 Å². The number of nitrogens with zero attached hydrogens (tertiary/aromatic N) is 1. The average molecular weight is 290 g/mol. The topological polar surface area (TPSA) is 79.3 Å². The molecule has 0 atom stereocenters. The third-order valence-corrected chi connectivity index (χ3v) is 3.57. The molecule has 104 valence electrons. The molecule has 0 unspecified atom stereocenters. The number of carbonyl (C=O) groups excluding carboxylic acids is 1. The van der Waals surface area contributed by atoms with Crippen molar-refractivity contribution in [2.45, 2.75) is 19.8 Å². The zero-order valence-electron chi connectivity index (χ0n) is 11.1. The molecule has 0 aliphatic rings. The fourth-order valence-corrected chi connectivity index (χ4v) is 2.32. The van der Waals surface area contributed by atoms with Gasteiger partial charge in [-0.1, -0.05) is 26.0 Å². The summed E-state index contributed by atoms with van der Waals surface area (Å²) in [5, 5.41) is 13.0. The van der Waals surface area contributed by atoms with Crippen LogP contribution >= 0.6 is 11.3 Å². The lowest BCUT2D eigenvalue weighted by molar-refractivity contribution is 0.0691. The van der Waals surface area contributed by atoms with Crippen molar-refractivity contribution in [2.75, 3.05) is 5.32 Å². The molecule has 2 rings (SSSR count). The van der Waals surface area contributed by atoms with Crippen molar-refractivity contribution in [1.29, 1.82) is 0 Å². The van der Waals surface area contributed by atoms with Crippen LogP contribution in [0.4, 0.5) is 5.69 Å². The van der Waals surface area contributed by atoms with Gasteiger partial charge in [0.25, 0.3) is 5.91 Å². The molecule has 0 saturated heterocycles. The first-order chi connectivity index (χ1) is 9.47. The van der Waals surface area contributed by atoms with Crippen molar-refractivity contribution in [3.05, 3.63) is 45.9 Å². The van der Waals surface area contributed by atoms with Crippen molar-refractivity contribution in [1.82, 2.24) is 4.98 Å². The SMILES string of the molecule is CC(C)c1cccc(NC(=O)c2nc(C(=O)O)cs2)c1. The molecule has 2 N–H and O–H groups in total. The Balaban J connectivity index is 2.14. The summed E-state index contributed by atoms with van der Waals surface area (Å²) in [6.45, 7) is 4.14. The van der Waals surface area contributed by atoms with E-state index < -0.39 is 11.9 Å². The van der Waals surface area contributed by atoms with Crippen LogP contribution in [-0.4, -0.2) is 22.0 Å². The van der Waals surface area contributed by atoms with E-state index in [4.69, 9.17) is 5.11 Å². The van der Waals surface area contributed by atoms with E-state index in [1.165, 1.54) is 5.38 Å². The number of aromatic carboxylic acids is 1. The number of carboxylic acids is 1. The molecule has 0 fully saturated rings. The molecular weight excluding hydrogens is 276 g/mol. The summed E-state index contributed by atoms with van der Waals surface area (Å²) < 4.78 is 0. The zero-order chi connectivity index (χ0) is 14.7. The van der Waals surface area contributed by atoms with Crippen molar-refractivity contribution in [2.24, 2.45) is 0 Å². The van der Waals surface area contributed by atoms with E-state index in [9.17, 15) is 9.59 Å². The van der Waals surface area contributed by atoms with Gasteiger partial charge in [-0.15, -0.1) is 11.3 Å². The lowest BCUT2D eigenvalue weighted by Gasteiger charge is -2.08. The number of amides is 1. The van der Waals surface area contributed by atoms with Gasteiger partial charge in [-0.05, 0) is 23.6 Å². The number of rotatable bonds is 4. The molecule has 5 nitrogen and oxygen atoms in total. The summed E-state index contributed by atoms with van der Waals surface area (Å²) in [4.78, 5) is 26.5. The highest BCUT2D eigenvalue weighted by Crippen LogP contribution is 2.19. The van der Waals surface area contributed by atoms with Gasteiger partial charge in [0.1, 0.15) is 0 Å². The number of hydrogen-bond donors (Lipinski definition) is 2. The molecule has 6 heteroatoms. The minimum Gasteiger partial charge on any atom is -0.476 e. The third-order valence-electron chi connectivity index (χ3n) is 2.73. The van der Waals surface area contributed by atoms with Gasteiger partial charge in [-0.25, -0.2) is 9.78 Å². The van der Waals surface area contributed by atoms with Gasteiger partial charge in [0.15, 0.2) is 10.7 Å². The Morgan fingerprint density at radius 1 is 1.35 bits per heavy atom. The van der Waals surface area contributed by atoms with Crippen LogP contribution in [0.25, 0.3) is 0 Å². The van der Waals surface area contributed by atoms with Crippen LogP contribution < -0.4 is 5.32 Å². The first-order valence-corrected chi connectivity index (χ1v) is 6.95. The molecule has 1 aromatic heterocycles. The minimum atomic E-state index is -1.14. The van der Waals surface area contributed by atoms with E-state index in [-0.39, 0.29) is 10.7 Å². The van der Waals surface area contributed by atoms with Crippen molar-refractivity contribution in [3.8, 4) is 0 Å². The number of anilines is 1. The minimum absolute atomic E-state index is 0.115. The second kappa shape index (κ2) is 5.83. The fourth-order valence-electron chi connectivity index (χ4n) is 1.64. The zero-order valence-corrected chi connectivity index (χ0v) is 11.9. The van der Waals surface area contributed by atoms with Gasteiger partial charge in [0.2, 0.25) is 0 Å². The average Bonchev–Trinajstić information content (AvgIpc) is 2.88. The fraction of sp³-hybridized carbons (Fsp3) is 0.214. The van der Waals surface area contributed by atoms with E-state index in [1.807, 2.05) is 18.2 Å². The summed E-state index contributed by atoms with van der Waals surface area (Å²) >= 11 is 1.01. The van der Waals surface area contributed by atoms with Gasteiger partial charge in [-0.2, -0.15) is 0 Å². The molecule has 0 aliphatic carbocycles. The Morgan fingerprint density at radius 2 is 2.10 bits per heavy atom. The van der Waals surface area contributed by atoms with Crippen molar-refractivity contribution < 1.29 is 14.7 Å². The normalized spacial score (nSPS) is 10.6. The predicted octanol–water partition coefficient (Wildman–Crippen LogP) is 3.22. The van der Waals surface area contributed by atoms with Crippen LogP contribution in [-0.2, 0) is 0 Å². The van der Waals surface area contributed by atoms with E-state index in [0.717, 1.165) is 16.9 Å². The molecule has 0 bridgehead atoms. The van der Waals surface area contributed by atoms with Gasteiger partial charge in [0.05, 0.1) is 0 Å². The lowest BCUT2D eigenvalue weighted by atomic mass is 10.0. The van der Waals surface area contributed by atoms with Gasteiger partial charge in [0, 0.05) is 11.1 Å². The third kappa shape index (κ3) is 3.21. The molecule has 0 spiro atoms. The van der Waals surface area contributed by atoms with Gasteiger partial charge in [-0.3, -0.25) is 4.79 Å². The lowest BCUT2D eigenvalue weighted by Crippen LogP contribution is -2.12. The number of benzene rings is 1. The van der Waals surface area contributed by atoms with Crippen LogP contribution in [0.15, 0.2) is 29.6 Å². The summed E-state index contributed by atoms with van der Waals surface area (Å²) in [6.07, 6.45) is 0. The maximum atomic E-state index is 12.0. The maximum Gasteiger partial charge on any atom is 0.355 e. The van der Waals surface area contributed by atoms with Crippen LogP contribution in [0.1, 0.15) is 45.6 Å². The molecule has 20 heavy (non-hydrogen) atoms. The summed E-state index contributed by atoms with van der Waals surface area (Å²) in [5.74, 6) is -1.17. The number of aromatic nitrogens is 1. The maximum absolute atomic E-state index is 12.0. The predicted molar refractivity (Wildman–Crippen MR) is 77.6 cm³/mol. The highest BCUT2D eigenvalue weighted by molar-refractivity contribution is 7.12. The van der Waals surface area contributed by atoms with Gasteiger partial charge >= 0.3 is 5.97 Å². The summed E-state index contributed by atoms with van der Waals surface area (Å²) in [6, 6.07) is 7.55. The molecule has 1 amide bonds. The standard InChI is InChI=1S/C14H14N2O3S/c1-8(2)9-4-3-5-10(6-9)15-12(17)13-16-11(7-20-13)14(18)19/h3-8H,1-2H3,(H,15,17)(H,18,19). The van der Waals surface area contributed by atoms with Crippen LogP contribution in [0.5, 0.6) is 0 Å². The Morgan fingerprint density at radius 3 is 2.70 bits per heavy atom. The number of nitrogens with one attached hydrogen (secondary N) is 1. The Bertz CT molecular complexity index is 649. The van der Waals surface area contributed by atoms with E-state index in [1.54, 1.807) is 6.07 Å². The molecule has 0 radical (unpaired) electrons. The first-order valence-electron chi connectivity index (χ1n) is 6.07. The van der Waals surface area contributed by atoms with Crippen LogP contribution in [0, 0.1) is 0 Å². The Kier molecular flexibility index (Phi) is 4.14. The second-order valence-electron chi connectivity index (χ2n) is 4.58. The van der Waals surface area contributed by atoms with Crippen LogP contribution in [0.2, 0.25) is 0 Å². The van der Waals surface area contributed by atoms with E-state index >= 15 is 0 Å². The summed E-state index contributed by atoms with van der Waals surface area (Å²) in [5.41, 5.74) is 1.68. The molecule has 0 saturated carbocycles. The van der Waals surface area contributed by atoms with Crippen molar-refractivity contribution in [3.63, 3.8) is 0 Å². The first kappa shape index (κ1) is 14.2. The number of carbonyl (C=O) groups is 2. The number of carboxylic acid groups (broad SMARTS) is 1. The highest BCUT2D eigenvalue weighted by atomic mass is 32.1. The number of hydrogen-bond acceptors (Lipinski definition) is 4. The van der Waals surface area contributed by atoms with Crippen molar-refractivity contribution >= 4 is 28.9 Å². The summed E-state index contributed by atoms with van der Waals surface area (Å²) in [7, 11) is 0. The quantitative estimate of drug-likeness (QED) is 0.906. The highest BCUT2D eigenvalue weighted by Gasteiger charge is 2.15. The monoisotopic (exact) mass is 290 g/mol. The van der Waals surface area contributed by atoms with E-state index in [2.05, 4.69) is 24.1 Å². The Labute approximate surface area is 120 Å². The number of thiazole rings is 1. The Hall–Kier alpha value is -2.21. The molecule has 0 aliphatic heterocycles. The van der Waals surface area contributed by atoms with E-state index in [0.29, 0.717) is 11.6 Å². The second-order valence-corrected chi connectivity index (χ2v) is 5.44. The smallest absolute Gasteiger partial charge is 0.355 e. The van der Waals surface area contributed by atoms with Crippen LogP contribution in [0.3, 0.4) is 0 Å². The molecule has 1 aromatic carbocycles. The molecular formula is C14H14N2O3S.